The lowest BCUT2D eigenvalue weighted by Gasteiger charge is -2.13. The minimum absolute atomic E-state index is 0.0528. The SMILES string of the molecule is C[C@@H](CC(F)F)O/C(N)=N\c1cc(NC(=O)c2ccc(C#N)cn2)ccc1F. The van der Waals surface area contributed by atoms with Crippen LogP contribution >= 0.6 is 0 Å². The molecule has 0 spiro atoms. The molecule has 0 radical (unpaired) electrons. The van der Waals surface area contributed by atoms with Gasteiger partial charge in [-0.05, 0) is 37.3 Å². The van der Waals surface area contributed by atoms with E-state index in [1.54, 1.807) is 0 Å². The van der Waals surface area contributed by atoms with E-state index in [4.69, 9.17) is 15.7 Å². The maximum absolute atomic E-state index is 13.9. The van der Waals surface area contributed by atoms with Crippen molar-refractivity contribution in [1.29, 1.82) is 5.26 Å². The number of nitriles is 1. The molecule has 0 aliphatic carbocycles. The molecule has 28 heavy (non-hydrogen) atoms. The molecule has 10 heteroatoms. The Morgan fingerprint density at radius 1 is 1.39 bits per heavy atom. The number of halogens is 3. The zero-order valence-electron chi connectivity index (χ0n) is 14.7. The molecule has 2 aromatic rings. The molecule has 146 valence electrons. The molecule has 3 N–H and O–H groups in total. The summed E-state index contributed by atoms with van der Waals surface area (Å²) in [6.07, 6.45) is -2.79. The van der Waals surface area contributed by atoms with Crippen LogP contribution in [0.4, 0.5) is 24.5 Å². The molecule has 0 fully saturated rings. The molecule has 7 nitrogen and oxygen atoms in total. The fourth-order valence-corrected chi connectivity index (χ4v) is 2.12. The molecular weight excluding hydrogens is 375 g/mol. The lowest BCUT2D eigenvalue weighted by molar-refractivity contribution is 0.0754. The number of benzene rings is 1. The summed E-state index contributed by atoms with van der Waals surface area (Å²) < 4.78 is 43.5. The lowest BCUT2D eigenvalue weighted by atomic mass is 10.2. The highest BCUT2D eigenvalue weighted by Crippen LogP contribution is 2.23. The van der Waals surface area contributed by atoms with Crippen LogP contribution in [0.5, 0.6) is 0 Å². The number of nitrogens with one attached hydrogen (secondary N) is 1. The number of carbonyl (C=O) groups excluding carboxylic acids is 1. The largest absolute Gasteiger partial charge is 0.462 e. The van der Waals surface area contributed by atoms with Crippen LogP contribution in [0.15, 0.2) is 41.5 Å². The number of amides is 1. The Labute approximate surface area is 158 Å². The minimum Gasteiger partial charge on any atom is -0.462 e. The molecule has 0 aliphatic rings. The Hall–Kier alpha value is -3.61. The highest BCUT2D eigenvalue weighted by atomic mass is 19.3. The van der Waals surface area contributed by atoms with E-state index < -0.39 is 36.7 Å². The Kier molecular flexibility index (Phi) is 6.92. The van der Waals surface area contributed by atoms with Gasteiger partial charge in [0.1, 0.15) is 29.4 Å². The van der Waals surface area contributed by atoms with E-state index in [2.05, 4.69) is 15.3 Å². The molecule has 1 aromatic heterocycles. The predicted octanol–water partition coefficient (Wildman–Crippen LogP) is 3.35. The van der Waals surface area contributed by atoms with Gasteiger partial charge in [-0.25, -0.2) is 18.2 Å². The van der Waals surface area contributed by atoms with Gasteiger partial charge in [0.05, 0.1) is 5.56 Å². The number of rotatable bonds is 6. The van der Waals surface area contributed by atoms with Crippen LogP contribution in [-0.2, 0) is 4.74 Å². The topological polar surface area (TPSA) is 113 Å². The highest BCUT2D eigenvalue weighted by molar-refractivity contribution is 6.03. The van der Waals surface area contributed by atoms with Gasteiger partial charge in [-0.2, -0.15) is 10.3 Å². The number of hydrogen-bond donors (Lipinski definition) is 2. The van der Waals surface area contributed by atoms with Crippen molar-refractivity contribution < 1.29 is 22.7 Å². The predicted molar refractivity (Wildman–Crippen MR) is 95.8 cm³/mol. The van der Waals surface area contributed by atoms with Crippen molar-refractivity contribution in [2.24, 2.45) is 10.7 Å². The van der Waals surface area contributed by atoms with E-state index >= 15 is 0 Å². The molecular formula is C18H16F3N5O2. The molecule has 2 rings (SSSR count). The van der Waals surface area contributed by atoms with Gasteiger partial charge in [0.2, 0.25) is 6.43 Å². The quantitative estimate of drug-likeness (QED) is 0.579. The van der Waals surface area contributed by atoms with E-state index in [0.29, 0.717) is 5.56 Å². The van der Waals surface area contributed by atoms with Crippen molar-refractivity contribution in [2.75, 3.05) is 5.32 Å². The first-order valence-corrected chi connectivity index (χ1v) is 8.04. The van der Waals surface area contributed by atoms with E-state index in [0.717, 1.165) is 6.07 Å². The van der Waals surface area contributed by atoms with Crippen molar-refractivity contribution in [1.82, 2.24) is 4.98 Å². The van der Waals surface area contributed by atoms with Gasteiger partial charge in [0, 0.05) is 18.3 Å². The second-order valence-corrected chi connectivity index (χ2v) is 5.67. The monoisotopic (exact) mass is 391 g/mol. The summed E-state index contributed by atoms with van der Waals surface area (Å²) in [7, 11) is 0. The number of hydrogen-bond acceptors (Lipinski definition) is 5. The number of aliphatic imine (C=N–C) groups is 1. The summed E-state index contributed by atoms with van der Waals surface area (Å²) in [6.45, 7) is 1.38. The van der Waals surface area contributed by atoms with E-state index in [9.17, 15) is 18.0 Å². The summed E-state index contributed by atoms with van der Waals surface area (Å²) in [5.74, 6) is -1.33. The first-order chi connectivity index (χ1) is 13.3. The molecule has 0 unspecified atom stereocenters. The molecule has 0 bridgehead atoms. The summed E-state index contributed by atoms with van der Waals surface area (Å²) in [5.41, 5.74) is 5.82. The van der Waals surface area contributed by atoms with Crippen molar-refractivity contribution in [2.45, 2.75) is 25.9 Å². The number of nitrogens with two attached hydrogens (primary N) is 1. The number of alkyl halides is 2. The van der Waals surface area contributed by atoms with Crippen LogP contribution in [0.2, 0.25) is 0 Å². The summed E-state index contributed by atoms with van der Waals surface area (Å²) in [5, 5.41) is 11.2. The number of carbonyl (C=O) groups is 1. The molecule has 1 aromatic carbocycles. The maximum atomic E-state index is 13.9. The number of anilines is 1. The smallest absolute Gasteiger partial charge is 0.287 e. The number of ether oxygens (including phenoxy) is 1. The number of aromatic nitrogens is 1. The van der Waals surface area contributed by atoms with Crippen molar-refractivity contribution >= 4 is 23.3 Å². The minimum atomic E-state index is -2.58. The lowest BCUT2D eigenvalue weighted by Crippen LogP contribution is -2.23. The van der Waals surface area contributed by atoms with Crippen LogP contribution in [0, 0.1) is 17.1 Å². The summed E-state index contributed by atoms with van der Waals surface area (Å²) in [6, 6.07) is 7.75. The van der Waals surface area contributed by atoms with Gasteiger partial charge < -0.3 is 15.8 Å². The fourth-order valence-electron chi connectivity index (χ4n) is 2.12. The van der Waals surface area contributed by atoms with Crippen molar-refractivity contribution in [3.8, 4) is 6.07 Å². The van der Waals surface area contributed by atoms with Gasteiger partial charge in [-0.3, -0.25) is 4.79 Å². The Balaban J connectivity index is 2.12. The van der Waals surface area contributed by atoms with E-state index in [1.165, 1.54) is 37.4 Å². The Bertz CT molecular complexity index is 910. The van der Waals surface area contributed by atoms with Crippen LogP contribution < -0.4 is 11.1 Å². The van der Waals surface area contributed by atoms with Crippen LogP contribution in [-0.4, -0.2) is 29.4 Å². The Morgan fingerprint density at radius 3 is 2.75 bits per heavy atom. The van der Waals surface area contributed by atoms with Crippen LogP contribution in [0.3, 0.4) is 0 Å². The molecule has 1 amide bonds. The first kappa shape index (κ1) is 20.7. The fraction of sp³-hybridized carbons (Fsp3) is 0.222. The second kappa shape index (κ2) is 9.36. The van der Waals surface area contributed by atoms with Crippen LogP contribution in [0.25, 0.3) is 0 Å². The molecule has 1 atom stereocenters. The average molecular weight is 391 g/mol. The summed E-state index contributed by atoms with van der Waals surface area (Å²) in [4.78, 5) is 19.7. The van der Waals surface area contributed by atoms with E-state index in [-0.39, 0.29) is 17.1 Å². The normalized spacial score (nSPS) is 12.4. The third-order valence-electron chi connectivity index (χ3n) is 3.39. The van der Waals surface area contributed by atoms with Crippen molar-refractivity contribution in [3.63, 3.8) is 0 Å². The molecule has 1 heterocycles. The molecule has 0 saturated carbocycles. The molecule has 0 saturated heterocycles. The molecule has 0 aliphatic heterocycles. The van der Waals surface area contributed by atoms with Gasteiger partial charge in [-0.1, -0.05) is 0 Å². The first-order valence-electron chi connectivity index (χ1n) is 8.04. The summed E-state index contributed by atoms with van der Waals surface area (Å²) >= 11 is 0. The number of nitrogens with zero attached hydrogens (tertiary/aromatic N) is 3. The van der Waals surface area contributed by atoms with Crippen LogP contribution in [0.1, 0.15) is 29.4 Å². The van der Waals surface area contributed by atoms with Gasteiger partial charge >= 0.3 is 0 Å². The standard InChI is InChI=1S/C18H16F3N5O2/c1-10(6-16(20)21)28-18(23)26-15-7-12(3-4-13(15)19)25-17(27)14-5-2-11(8-22)9-24-14/h2-5,7,9-10,16H,6H2,1H3,(H2,23,26)(H,25,27)/t10-/m0/s1. The maximum Gasteiger partial charge on any atom is 0.287 e. The van der Waals surface area contributed by atoms with Gasteiger partial charge in [0.15, 0.2) is 0 Å². The van der Waals surface area contributed by atoms with Gasteiger partial charge in [-0.15, -0.1) is 0 Å². The van der Waals surface area contributed by atoms with E-state index in [1.807, 2.05) is 6.07 Å². The second-order valence-electron chi connectivity index (χ2n) is 5.67. The third-order valence-corrected chi connectivity index (χ3v) is 3.39. The van der Waals surface area contributed by atoms with Gasteiger partial charge in [0.25, 0.3) is 11.9 Å². The number of amidine groups is 1. The zero-order chi connectivity index (χ0) is 20.7. The van der Waals surface area contributed by atoms with Crippen molar-refractivity contribution in [3.05, 3.63) is 53.6 Å². The average Bonchev–Trinajstić information content (AvgIpc) is 2.63. The zero-order valence-corrected chi connectivity index (χ0v) is 14.7. The third kappa shape index (κ3) is 5.98. The number of pyridine rings is 1. The Morgan fingerprint density at radius 2 is 2.14 bits per heavy atom. The highest BCUT2D eigenvalue weighted by Gasteiger charge is 2.14.